The maximum absolute atomic E-state index is 10.9. The van der Waals surface area contributed by atoms with E-state index in [2.05, 4.69) is 6.92 Å². The molecule has 0 aromatic rings. The molecule has 1 N–H and O–H groups in total. The fraction of sp³-hybridized carbons (Fsp3) is 0.750. The second-order valence-electron chi connectivity index (χ2n) is 4.57. The molecule has 2 aliphatic rings. The fourth-order valence-corrected chi connectivity index (χ4v) is 2.34. The molecule has 0 spiro atoms. The number of carboxylic acid groups (broad SMARTS) is 1. The van der Waals surface area contributed by atoms with Gasteiger partial charge in [-0.15, -0.1) is 0 Å². The summed E-state index contributed by atoms with van der Waals surface area (Å²) in [6.07, 6.45) is 5.59. The summed E-state index contributed by atoms with van der Waals surface area (Å²) >= 11 is 0. The van der Waals surface area contributed by atoms with Crippen molar-refractivity contribution in [2.45, 2.75) is 44.8 Å². The van der Waals surface area contributed by atoms with Crippen molar-refractivity contribution in [3.8, 4) is 0 Å². The SMILES string of the molecule is CC1CC=C(C(=O)O)OC1C1CCCCO1. The molecule has 0 radical (unpaired) electrons. The van der Waals surface area contributed by atoms with Crippen molar-refractivity contribution in [1.82, 2.24) is 0 Å². The lowest BCUT2D eigenvalue weighted by atomic mass is 9.90. The van der Waals surface area contributed by atoms with Crippen LogP contribution in [0.3, 0.4) is 0 Å². The van der Waals surface area contributed by atoms with Gasteiger partial charge in [0.15, 0.2) is 0 Å². The van der Waals surface area contributed by atoms with Gasteiger partial charge in [-0.2, -0.15) is 0 Å². The molecule has 0 aliphatic carbocycles. The first kappa shape index (κ1) is 11.5. The largest absolute Gasteiger partial charge is 0.480 e. The lowest BCUT2D eigenvalue weighted by molar-refractivity contribution is -0.144. The van der Waals surface area contributed by atoms with Crippen LogP contribution in [0.15, 0.2) is 11.8 Å². The summed E-state index contributed by atoms with van der Waals surface area (Å²) in [4.78, 5) is 10.9. The maximum Gasteiger partial charge on any atom is 0.370 e. The van der Waals surface area contributed by atoms with Gasteiger partial charge in [0, 0.05) is 6.61 Å². The van der Waals surface area contributed by atoms with Crippen LogP contribution in [0.1, 0.15) is 32.6 Å². The van der Waals surface area contributed by atoms with E-state index in [0.29, 0.717) is 5.92 Å². The lowest BCUT2D eigenvalue weighted by Gasteiger charge is -2.36. The minimum absolute atomic E-state index is 0.0619. The Morgan fingerprint density at radius 2 is 2.31 bits per heavy atom. The Morgan fingerprint density at radius 3 is 2.94 bits per heavy atom. The van der Waals surface area contributed by atoms with E-state index < -0.39 is 5.97 Å². The third kappa shape index (κ3) is 2.38. The van der Waals surface area contributed by atoms with Gasteiger partial charge in [0.25, 0.3) is 0 Å². The van der Waals surface area contributed by atoms with Gasteiger partial charge in [-0.3, -0.25) is 0 Å². The van der Waals surface area contributed by atoms with Crippen LogP contribution in [-0.2, 0) is 14.3 Å². The van der Waals surface area contributed by atoms with Gasteiger partial charge in [0.1, 0.15) is 6.10 Å². The number of ether oxygens (including phenoxy) is 2. The van der Waals surface area contributed by atoms with Crippen molar-refractivity contribution in [3.63, 3.8) is 0 Å². The lowest BCUT2D eigenvalue weighted by Crippen LogP contribution is -2.41. The molecule has 0 saturated carbocycles. The average molecular weight is 226 g/mol. The quantitative estimate of drug-likeness (QED) is 0.781. The Bertz CT molecular complexity index is 291. The van der Waals surface area contributed by atoms with E-state index in [4.69, 9.17) is 14.6 Å². The van der Waals surface area contributed by atoms with Crippen LogP contribution in [0, 0.1) is 5.92 Å². The standard InChI is InChI=1S/C12H18O4/c1-8-5-6-10(12(13)14)16-11(8)9-4-2-3-7-15-9/h6,8-9,11H,2-5,7H2,1H3,(H,13,14). The Morgan fingerprint density at radius 1 is 1.50 bits per heavy atom. The minimum atomic E-state index is -0.979. The van der Waals surface area contributed by atoms with Crippen LogP contribution in [-0.4, -0.2) is 29.9 Å². The van der Waals surface area contributed by atoms with Gasteiger partial charge in [-0.1, -0.05) is 6.92 Å². The van der Waals surface area contributed by atoms with Crippen LogP contribution in [0.2, 0.25) is 0 Å². The predicted molar refractivity (Wildman–Crippen MR) is 58.0 cm³/mol. The van der Waals surface area contributed by atoms with Gasteiger partial charge in [-0.05, 0) is 37.7 Å². The molecule has 4 heteroatoms. The zero-order valence-electron chi connectivity index (χ0n) is 9.52. The second kappa shape index (κ2) is 4.87. The zero-order chi connectivity index (χ0) is 11.5. The summed E-state index contributed by atoms with van der Waals surface area (Å²) in [5, 5.41) is 8.91. The van der Waals surface area contributed by atoms with Crippen LogP contribution in [0.25, 0.3) is 0 Å². The highest BCUT2D eigenvalue weighted by molar-refractivity contribution is 5.84. The van der Waals surface area contributed by atoms with Crippen molar-refractivity contribution in [1.29, 1.82) is 0 Å². The molecule has 0 aromatic carbocycles. The van der Waals surface area contributed by atoms with Gasteiger partial charge in [0.2, 0.25) is 5.76 Å². The number of hydrogen-bond donors (Lipinski definition) is 1. The Balaban J connectivity index is 2.03. The Kier molecular flexibility index (Phi) is 3.49. The maximum atomic E-state index is 10.9. The topological polar surface area (TPSA) is 55.8 Å². The molecule has 0 bridgehead atoms. The van der Waals surface area contributed by atoms with E-state index in [1.54, 1.807) is 6.08 Å². The van der Waals surface area contributed by atoms with Crippen molar-refractivity contribution in [3.05, 3.63) is 11.8 Å². The molecular formula is C12H18O4. The molecule has 1 fully saturated rings. The van der Waals surface area contributed by atoms with E-state index in [0.717, 1.165) is 32.3 Å². The van der Waals surface area contributed by atoms with Gasteiger partial charge in [0.05, 0.1) is 6.10 Å². The summed E-state index contributed by atoms with van der Waals surface area (Å²) in [5.41, 5.74) is 0. The highest BCUT2D eigenvalue weighted by Gasteiger charge is 2.34. The van der Waals surface area contributed by atoms with Gasteiger partial charge in [-0.25, -0.2) is 4.79 Å². The molecule has 2 heterocycles. The number of aliphatic carboxylic acids is 1. The van der Waals surface area contributed by atoms with Crippen molar-refractivity contribution in [2.75, 3.05) is 6.61 Å². The molecule has 3 atom stereocenters. The second-order valence-corrected chi connectivity index (χ2v) is 4.57. The van der Waals surface area contributed by atoms with Crippen LogP contribution in [0.5, 0.6) is 0 Å². The van der Waals surface area contributed by atoms with Crippen molar-refractivity contribution >= 4 is 5.97 Å². The minimum Gasteiger partial charge on any atom is -0.480 e. The first-order chi connectivity index (χ1) is 7.68. The fourth-order valence-electron chi connectivity index (χ4n) is 2.34. The number of carboxylic acids is 1. The smallest absolute Gasteiger partial charge is 0.370 e. The highest BCUT2D eigenvalue weighted by Crippen LogP contribution is 2.30. The molecule has 16 heavy (non-hydrogen) atoms. The predicted octanol–water partition coefficient (Wildman–Crippen LogP) is 1.95. The van der Waals surface area contributed by atoms with E-state index in [1.165, 1.54) is 0 Å². The first-order valence-electron chi connectivity index (χ1n) is 5.90. The molecule has 0 amide bonds. The average Bonchev–Trinajstić information content (AvgIpc) is 2.30. The molecule has 1 saturated heterocycles. The summed E-state index contributed by atoms with van der Waals surface area (Å²) in [6, 6.07) is 0. The van der Waals surface area contributed by atoms with Gasteiger partial charge < -0.3 is 14.6 Å². The molecule has 2 rings (SSSR count). The van der Waals surface area contributed by atoms with Crippen LogP contribution >= 0.6 is 0 Å². The van der Waals surface area contributed by atoms with Crippen LogP contribution < -0.4 is 0 Å². The summed E-state index contributed by atoms with van der Waals surface area (Å²) in [6.45, 7) is 2.85. The molecular weight excluding hydrogens is 208 g/mol. The number of rotatable bonds is 2. The van der Waals surface area contributed by atoms with E-state index >= 15 is 0 Å². The van der Waals surface area contributed by atoms with Gasteiger partial charge >= 0.3 is 5.97 Å². The van der Waals surface area contributed by atoms with Crippen molar-refractivity contribution in [2.24, 2.45) is 5.92 Å². The first-order valence-corrected chi connectivity index (χ1v) is 5.90. The number of allylic oxidation sites excluding steroid dienone is 1. The molecule has 0 aromatic heterocycles. The monoisotopic (exact) mass is 226 g/mol. The zero-order valence-corrected chi connectivity index (χ0v) is 9.52. The third-order valence-corrected chi connectivity index (χ3v) is 3.29. The third-order valence-electron chi connectivity index (χ3n) is 3.29. The van der Waals surface area contributed by atoms with E-state index in [9.17, 15) is 4.79 Å². The Labute approximate surface area is 95.2 Å². The van der Waals surface area contributed by atoms with Crippen LogP contribution in [0.4, 0.5) is 0 Å². The summed E-state index contributed by atoms with van der Waals surface area (Å²) in [5.74, 6) is -0.573. The summed E-state index contributed by atoms with van der Waals surface area (Å²) in [7, 11) is 0. The number of carbonyl (C=O) groups is 1. The van der Waals surface area contributed by atoms with Crippen molar-refractivity contribution < 1.29 is 19.4 Å². The van der Waals surface area contributed by atoms with E-state index in [1.807, 2.05) is 0 Å². The normalized spacial score (nSPS) is 35.1. The summed E-state index contributed by atoms with van der Waals surface area (Å²) < 4.78 is 11.2. The number of hydrogen-bond acceptors (Lipinski definition) is 3. The molecule has 4 nitrogen and oxygen atoms in total. The highest BCUT2D eigenvalue weighted by atomic mass is 16.6. The molecule has 3 unspecified atom stereocenters. The molecule has 90 valence electrons. The Hall–Kier alpha value is -1.03. The van der Waals surface area contributed by atoms with E-state index in [-0.39, 0.29) is 18.0 Å². The molecule has 2 aliphatic heterocycles.